The second-order valence-corrected chi connectivity index (χ2v) is 12.0. The number of benzene rings is 3. The van der Waals surface area contributed by atoms with Gasteiger partial charge in [0.1, 0.15) is 5.75 Å². The normalized spacial score (nSPS) is 18.8. The Morgan fingerprint density at radius 1 is 0.949 bits per heavy atom. The molecule has 6 nitrogen and oxygen atoms in total. The summed E-state index contributed by atoms with van der Waals surface area (Å²) in [5.74, 6) is 0.874. The van der Waals surface area contributed by atoms with Crippen LogP contribution in [0.15, 0.2) is 72.8 Å². The van der Waals surface area contributed by atoms with E-state index in [1.54, 1.807) is 6.07 Å². The van der Waals surface area contributed by atoms with Gasteiger partial charge in [0.25, 0.3) is 5.91 Å². The minimum absolute atomic E-state index is 0. The van der Waals surface area contributed by atoms with Gasteiger partial charge in [-0.15, -0.1) is 12.4 Å². The topological polar surface area (TPSA) is 75.7 Å². The Labute approximate surface area is 238 Å². The molecule has 5 rings (SSSR count). The van der Waals surface area contributed by atoms with Crippen LogP contribution in [-0.2, 0) is 16.5 Å². The van der Waals surface area contributed by atoms with Crippen LogP contribution < -0.4 is 9.50 Å². The van der Waals surface area contributed by atoms with Gasteiger partial charge < -0.3 is 9.50 Å². The minimum Gasteiger partial charge on any atom is -0.382 e. The molecule has 2 atom stereocenters. The molecule has 208 valence electrons. The Balaban J connectivity index is 0.00000353. The molecule has 0 aromatic heterocycles. The van der Waals surface area contributed by atoms with Crippen LogP contribution in [0.1, 0.15) is 59.5 Å². The lowest BCUT2D eigenvalue weighted by atomic mass is 9.74. The summed E-state index contributed by atoms with van der Waals surface area (Å²) >= 11 is 0. The van der Waals surface area contributed by atoms with Crippen molar-refractivity contribution in [3.63, 3.8) is 0 Å². The predicted molar refractivity (Wildman–Crippen MR) is 158 cm³/mol. The zero-order chi connectivity index (χ0) is 26.5. The Morgan fingerprint density at radius 3 is 2.44 bits per heavy atom. The molecular formula is C31H37ClN2O4S. The number of fused-ring (bicyclic) bond motifs is 3. The van der Waals surface area contributed by atoms with Crippen molar-refractivity contribution in [2.24, 2.45) is 0 Å². The Kier molecular flexibility index (Phi) is 9.70. The molecule has 3 aromatic rings. The van der Waals surface area contributed by atoms with Gasteiger partial charge in [0.15, 0.2) is 0 Å². The molecule has 1 aliphatic heterocycles. The molecule has 3 aromatic carbocycles. The average Bonchev–Trinajstić information content (AvgIpc) is 2.92. The van der Waals surface area contributed by atoms with Crippen LogP contribution in [0.5, 0.6) is 5.75 Å². The van der Waals surface area contributed by atoms with E-state index in [9.17, 15) is 13.2 Å². The number of piperidine rings is 1. The summed E-state index contributed by atoms with van der Waals surface area (Å²) in [7, 11) is -3.55. The lowest BCUT2D eigenvalue weighted by Gasteiger charge is -2.45. The van der Waals surface area contributed by atoms with Crippen molar-refractivity contribution in [2.75, 3.05) is 25.9 Å². The van der Waals surface area contributed by atoms with Gasteiger partial charge in [-0.1, -0.05) is 54.6 Å². The third-order valence-corrected chi connectivity index (χ3v) is 8.29. The summed E-state index contributed by atoms with van der Waals surface area (Å²) in [6.45, 7) is 2.77. The van der Waals surface area contributed by atoms with Gasteiger partial charge in [-0.3, -0.25) is 9.69 Å². The fourth-order valence-electron chi connectivity index (χ4n) is 6.07. The third-order valence-electron chi connectivity index (χ3n) is 7.81. The maximum absolute atomic E-state index is 12.6. The van der Waals surface area contributed by atoms with Crippen molar-refractivity contribution >= 4 is 28.4 Å². The van der Waals surface area contributed by atoms with E-state index in [1.807, 2.05) is 48.5 Å². The lowest BCUT2D eigenvalue weighted by Crippen LogP contribution is -2.46. The predicted octanol–water partition coefficient (Wildman–Crippen LogP) is 5.82. The highest BCUT2D eigenvalue weighted by atomic mass is 35.5. The highest BCUT2D eigenvalue weighted by Crippen LogP contribution is 2.43. The van der Waals surface area contributed by atoms with Gasteiger partial charge in [0.2, 0.25) is 0 Å². The van der Waals surface area contributed by atoms with Crippen LogP contribution in [0.3, 0.4) is 0 Å². The van der Waals surface area contributed by atoms with E-state index >= 15 is 0 Å². The van der Waals surface area contributed by atoms with Crippen molar-refractivity contribution in [1.29, 1.82) is 0 Å². The molecule has 1 saturated heterocycles. The van der Waals surface area contributed by atoms with Crippen LogP contribution in [-0.4, -0.2) is 51.2 Å². The molecule has 39 heavy (non-hydrogen) atoms. The number of nitrogens with zero attached hydrogens (tertiary/aromatic N) is 1. The minimum atomic E-state index is -3.55. The summed E-state index contributed by atoms with van der Waals surface area (Å²) in [6.07, 6.45) is 7.16. The van der Waals surface area contributed by atoms with Crippen LogP contribution in [0.25, 0.3) is 11.1 Å². The maximum Gasteiger partial charge on any atom is 0.306 e. The molecule has 0 spiro atoms. The van der Waals surface area contributed by atoms with Crippen molar-refractivity contribution in [3.05, 3.63) is 89.5 Å². The highest BCUT2D eigenvalue weighted by Gasteiger charge is 2.37. The number of carbonyl (C=O) groups is 1. The van der Waals surface area contributed by atoms with Crippen molar-refractivity contribution < 1.29 is 17.4 Å². The first-order valence-electron chi connectivity index (χ1n) is 13.6. The van der Waals surface area contributed by atoms with E-state index in [1.165, 1.54) is 5.56 Å². The molecule has 1 fully saturated rings. The summed E-state index contributed by atoms with van der Waals surface area (Å²) in [6, 6.07) is 24.2. The average molecular weight is 569 g/mol. The molecular weight excluding hydrogens is 532 g/mol. The van der Waals surface area contributed by atoms with E-state index in [0.29, 0.717) is 29.8 Å². The van der Waals surface area contributed by atoms with Gasteiger partial charge in [0.05, 0.1) is 6.26 Å². The zero-order valence-corrected chi connectivity index (χ0v) is 24.0. The fourth-order valence-corrected chi connectivity index (χ4v) is 6.55. The monoisotopic (exact) mass is 568 g/mol. The van der Waals surface area contributed by atoms with E-state index < -0.39 is 10.1 Å². The van der Waals surface area contributed by atoms with Gasteiger partial charge in [-0.2, -0.15) is 8.42 Å². The molecule has 1 heterocycles. The van der Waals surface area contributed by atoms with Crippen molar-refractivity contribution in [2.45, 2.75) is 50.5 Å². The molecule has 1 N–H and O–H groups in total. The number of carbonyl (C=O) groups excluding carboxylic acids is 1. The first kappa shape index (κ1) is 29.1. The number of amides is 1. The molecule has 2 aliphatic rings. The number of unbranched alkanes of at least 4 members (excludes halogenated alkanes) is 1. The third kappa shape index (κ3) is 7.21. The van der Waals surface area contributed by atoms with Gasteiger partial charge >= 0.3 is 10.1 Å². The van der Waals surface area contributed by atoms with Crippen LogP contribution >= 0.6 is 12.4 Å². The number of hydrogen-bond donors (Lipinski definition) is 1. The fraction of sp³-hybridized carbons (Fsp3) is 0.387. The first-order valence-corrected chi connectivity index (χ1v) is 15.4. The molecule has 1 aliphatic carbocycles. The zero-order valence-electron chi connectivity index (χ0n) is 22.3. The van der Waals surface area contributed by atoms with Crippen molar-refractivity contribution in [1.82, 2.24) is 10.2 Å². The molecule has 1 amide bonds. The standard InChI is InChI=1S/C31H36N2O4S.ClH/c1-38(35,36)37-30-13-7-11-26-27-12-8-22-33(29(27)19-18-28(26)30)21-6-5-20-32-31(34)25-16-14-24(15-17-25)23-9-3-2-4-10-23;/h2-4,7,9-11,13-17,27,29H,5-6,8,12,18-22H2,1H3,(H,32,34);1H/t27-,29+;/m1./s1. The Hall–Kier alpha value is -2.87. The van der Waals surface area contributed by atoms with Gasteiger partial charge in [-0.25, -0.2) is 0 Å². The Morgan fingerprint density at radius 2 is 1.69 bits per heavy atom. The summed E-state index contributed by atoms with van der Waals surface area (Å²) in [5, 5.41) is 3.07. The number of rotatable bonds is 9. The second-order valence-electron chi connectivity index (χ2n) is 10.4. The number of likely N-dealkylation sites (tertiary alicyclic amines) is 1. The second kappa shape index (κ2) is 13.0. The maximum atomic E-state index is 12.6. The van der Waals surface area contributed by atoms with E-state index in [-0.39, 0.29) is 18.3 Å². The number of nitrogens with one attached hydrogen (secondary N) is 1. The van der Waals surface area contributed by atoms with E-state index in [0.717, 1.165) is 74.6 Å². The van der Waals surface area contributed by atoms with Gasteiger partial charge in [-0.05, 0) is 98.0 Å². The molecule has 0 saturated carbocycles. The molecule has 0 bridgehead atoms. The first-order chi connectivity index (χ1) is 18.4. The van der Waals surface area contributed by atoms with Crippen molar-refractivity contribution in [3.8, 4) is 16.9 Å². The van der Waals surface area contributed by atoms with E-state index in [4.69, 9.17) is 4.18 Å². The SMILES string of the molecule is CS(=O)(=O)Oc1cccc2c1CC[C@H]1[C@@H]2CCCN1CCCCNC(=O)c1ccc(-c2ccccc2)cc1.Cl. The molecule has 0 unspecified atom stereocenters. The van der Waals surface area contributed by atoms with E-state index in [2.05, 4.69) is 28.4 Å². The largest absolute Gasteiger partial charge is 0.382 e. The quantitative estimate of drug-likeness (QED) is 0.260. The summed E-state index contributed by atoms with van der Waals surface area (Å²) in [4.78, 5) is 15.2. The summed E-state index contributed by atoms with van der Waals surface area (Å²) < 4.78 is 28.8. The highest BCUT2D eigenvalue weighted by molar-refractivity contribution is 7.86. The van der Waals surface area contributed by atoms with Crippen LogP contribution in [0.4, 0.5) is 0 Å². The number of halogens is 1. The van der Waals surface area contributed by atoms with Crippen LogP contribution in [0.2, 0.25) is 0 Å². The smallest absolute Gasteiger partial charge is 0.306 e. The van der Waals surface area contributed by atoms with Crippen LogP contribution in [0, 0.1) is 0 Å². The molecule has 8 heteroatoms. The van der Waals surface area contributed by atoms with Gasteiger partial charge in [0, 0.05) is 18.2 Å². The molecule has 0 radical (unpaired) electrons. The number of hydrogen-bond acceptors (Lipinski definition) is 5. The summed E-state index contributed by atoms with van der Waals surface area (Å²) in [5.41, 5.74) is 5.23. The Bertz CT molecular complexity index is 1360. The lowest BCUT2D eigenvalue weighted by molar-refractivity contribution is 0.0947.